The third kappa shape index (κ3) is 4.43. The van der Waals surface area contributed by atoms with Gasteiger partial charge in [0, 0.05) is 19.2 Å². The number of imidazole rings is 1. The summed E-state index contributed by atoms with van der Waals surface area (Å²) in [7, 11) is -3.70. The van der Waals surface area contributed by atoms with E-state index in [4.69, 9.17) is 4.74 Å². The Hall–Kier alpha value is -3.01. The zero-order valence-electron chi connectivity index (χ0n) is 16.4. The standard InChI is InChI=1S/C21H22N4O4S/c1-15(26)24-17-7-9-19(10-8-17)30(27,28)23-11-18-13-25-20(12-22-21(25)14-29-18)16-5-3-2-4-6-16/h2-10,12,18,23H,11,13-14H2,1H3,(H,24,26)/t18-/m0/s1. The van der Waals surface area contributed by atoms with Gasteiger partial charge >= 0.3 is 0 Å². The molecule has 3 aromatic rings. The van der Waals surface area contributed by atoms with Gasteiger partial charge in [0.25, 0.3) is 0 Å². The molecule has 156 valence electrons. The predicted molar refractivity (Wildman–Crippen MR) is 112 cm³/mol. The Morgan fingerprint density at radius 1 is 1.17 bits per heavy atom. The highest BCUT2D eigenvalue weighted by Crippen LogP contribution is 2.24. The van der Waals surface area contributed by atoms with Crippen LogP contribution in [0.15, 0.2) is 65.7 Å². The molecule has 0 radical (unpaired) electrons. The van der Waals surface area contributed by atoms with Crippen molar-refractivity contribution >= 4 is 21.6 Å². The molecule has 30 heavy (non-hydrogen) atoms. The number of nitrogens with one attached hydrogen (secondary N) is 2. The van der Waals surface area contributed by atoms with E-state index in [-0.39, 0.29) is 23.5 Å². The Bertz CT molecular complexity index is 1140. The van der Waals surface area contributed by atoms with Crippen molar-refractivity contribution in [2.24, 2.45) is 0 Å². The van der Waals surface area contributed by atoms with E-state index in [2.05, 4.69) is 19.6 Å². The fraction of sp³-hybridized carbons (Fsp3) is 0.238. The number of ether oxygens (including phenoxy) is 1. The molecule has 1 aliphatic heterocycles. The van der Waals surface area contributed by atoms with Crippen LogP contribution in [0.3, 0.4) is 0 Å². The first-order valence-electron chi connectivity index (χ1n) is 9.51. The number of hydrogen-bond acceptors (Lipinski definition) is 5. The van der Waals surface area contributed by atoms with Crippen molar-refractivity contribution in [1.82, 2.24) is 14.3 Å². The number of nitrogens with zero attached hydrogens (tertiary/aromatic N) is 2. The Kier molecular flexibility index (Phi) is 5.67. The Morgan fingerprint density at radius 2 is 1.90 bits per heavy atom. The largest absolute Gasteiger partial charge is 0.367 e. The molecule has 8 nitrogen and oxygen atoms in total. The smallest absolute Gasteiger partial charge is 0.240 e. The molecule has 2 aromatic carbocycles. The van der Waals surface area contributed by atoms with Gasteiger partial charge in [-0.25, -0.2) is 18.1 Å². The fourth-order valence-corrected chi connectivity index (χ4v) is 4.42. The van der Waals surface area contributed by atoms with Crippen LogP contribution in [-0.4, -0.2) is 36.5 Å². The van der Waals surface area contributed by atoms with Gasteiger partial charge < -0.3 is 14.6 Å². The monoisotopic (exact) mass is 426 g/mol. The minimum atomic E-state index is -3.70. The van der Waals surface area contributed by atoms with Crippen LogP contribution in [0.4, 0.5) is 5.69 Å². The predicted octanol–water partition coefficient (Wildman–Crippen LogP) is 2.39. The van der Waals surface area contributed by atoms with E-state index >= 15 is 0 Å². The molecular weight excluding hydrogens is 404 g/mol. The Balaban J connectivity index is 1.43. The maximum atomic E-state index is 12.6. The summed E-state index contributed by atoms with van der Waals surface area (Å²) in [5.41, 5.74) is 2.57. The van der Waals surface area contributed by atoms with Crippen LogP contribution in [0.5, 0.6) is 0 Å². The lowest BCUT2D eigenvalue weighted by Crippen LogP contribution is -2.39. The second-order valence-corrected chi connectivity index (χ2v) is 8.79. The molecule has 0 spiro atoms. The van der Waals surface area contributed by atoms with Gasteiger partial charge in [0.05, 0.1) is 29.4 Å². The van der Waals surface area contributed by atoms with Crippen LogP contribution in [0.1, 0.15) is 12.7 Å². The van der Waals surface area contributed by atoms with E-state index in [1.165, 1.54) is 19.1 Å². The summed E-state index contributed by atoms with van der Waals surface area (Å²) in [6.07, 6.45) is 1.50. The number of hydrogen-bond donors (Lipinski definition) is 2. The van der Waals surface area contributed by atoms with Gasteiger partial charge in [0.15, 0.2) is 0 Å². The number of fused-ring (bicyclic) bond motifs is 1. The van der Waals surface area contributed by atoms with Crippen molar-refractivity contribution in [1.29, 1.82) is 0 Å². The first-order valence-corrected chi connectivity index (χ1v) is 11.0. The maximum Gasteiger partial charge on any atom is 0.240 e. The normalized spacial score (nSPS) is 16.1. The number of aromatic nitrogens is 2. The number of benzene rings is 2. The van der Waals surface area contributed by atoms with Crippen molar-refractivity contribution in [2.75, 3.05) is 11.9 Å². The molecule has 1 aromatic heterocycles. The summed E-state index contributed by atoms with van der Waals surface area (Å²) in [6.45, 7) is 2.36. The second kappa shape index (κ2) is 8.39. The molecule has 2 heterocycles. The highest BCUT2D eigenvalue weighted by molar-refractivity contribution is 7.89. The number of sulfonamides is 1. The van der Waals surface area contributed by atoms with Gasteiger partial charge in [0.2, 0.25) is 15.9 Å². The lowest BCUT2D eigenvalue weighted by atomic mass is 10.1. The molecule has 9 heteroatoms. The quantitative estimate of drug-likeness (QED) is 0.630. The third-order valence-corrected chi connectivity index (χ3v) is 6.27. The number of rotatable bonds is 6. The van der Waals surface area contributed by atoms with Gasteiger partial charge in [-0.2, -0.15) is 0 Å². The van der Waals surface area contributed by atoms with E-state index in [0.717, 1.165) is 17.1 Å². The van der Waals surface area contributed by atoms with Crippen LogP contribution in [0.25, 0.3) is 11.3 Å². The third-order valence-electron chi connectivity index (χ3n) is 4.83. The molecular formula is C21H22N4O4S. The first-order chi connectivity index (χ1) is 14.4. The molecule has 0 saturated heterocycles. The maximum absolute atomic E-state index is 12.6. The van der Waals surface area contributed by atoms with Crippen molar-refractivity contribution in [3.63, 3.8) is 0 Å². The van der Waals surface area contributed by atoms with Gasteiger partial charge in [-0.1, -0.05) is 30.3 Å². The van der Waals surface area contributed by atoms with Crippen molar-refractivity contribution in [3.8, 4) is 11.3 Å². The highest BCUT2D eigenvalue weighted by Gasteiger charge is 2.24. The van der Waals surface area contributed by atoms with Crippen LogP contribution < -0.4 is 10.0 Å². The van der Waals surface area contributed by atoms with E-state index in [0.29, 0.717) is 18.8 Å². The van der Waals surface area contributed by atoms with Gasteiger partial charge in [-0.15, -0.1) is 0 Å². The van der Waals surface area contributed by atoms with Crippen LogP contribution in [0, 0.1) is 0 Å². The Morgan fingerprint density at radius 3 is 2.60 bits per heavy atom. The van der Waals surface area contributed by atoms with Crippen molar-refractivity contribution in [3.05, 3.63) is 66.6 Å². The summed E-state index contributed by atoms with van der Waals surface area (Å²) >= 11 is 0. The van der Waals surface area contributed by atoms with Crippen LogP contribution in [0.2, 0.25) is 0 Å². The van der Waals surface area contributed by atoms with Gasteiger partial charge in [-0.05, 0) is 29.8 Å². The van der Waals surface area contributed by atoms with Gasteiger partial charge in [-0.3, -0.25) is 4.79 Å². The second-order valence-electron chi connectivity index (χ2n) is 7.03. The zero-order valence-corrected chi connectivity index (χ0v) is 17.2. The minimum Gasteiger partial charge on any atom is -0.367 e. The molecule has 0 aliphatic carbocycles. The lowest BCUT2D eigenvalue weighted by molar-refractivity contribution is -0.114. The zero-order chi connectivity index (χ0) is 21.1. The van der Waals surface area contributed by atoms with Crippen LogP contribution in [-0.2, 0) is 32.7 Å². The van der Waals surface area contributed by atoms with E-state index in [1.54, 1.807) is 12.1 Å². The molecule has 1 atom stereocenters. The van der Waals surface area contributed by atoms with Gasteiger partial charge in [0.1, 0.15) is 12.4 Å². The SMILES string of the molecule is CC(=O)Nc1ccc(S(=O)(=O)NC[C@H]2Cn3c(-c4ccccc4)cnc3CO2)cc1. The number of carbonyl (C=O) groups excluding carboxylic acids is 1. The molecule has 0 fully saturated rings. The molecule has 0 bridgehead atoms. The summed E-state index contributed by atoms with van der Waals surface area (Å²) < 4.78 is 35.7. The molecule has 1 amide bonds. The average molecular weight is 426 g/mol. The minimum absolute atomic E-state index is 0.126. The van der Waals surface area contributed by atoms with Crippen molar-refractivity contribution < 1.29 is 17.9 Å². The summed E-state index contributed by atoms with van der Waals surface area (Å²) in [4.78, 5) is 15.6. The number of carbonyl (C=O) groups is 1. The molecule has 4 rings (SSSR count). The molecule has 1 aliphatic rings. The number of amides is 1. The van der Waals surface area contributed by atoms with E-state index in [1.807, 2.05) is 36.5 Å². The lowest BCUT2D eigenvalue weighted by Gasteiger charge is -2.26. The van der Waals surface area contributed by atoms with Crippen molar-refractivity contribution in [2.45, 2.75) is 31.1 Å². The summed E-state index contributed by atoms with van der Waals surface area (Å²) in [6, 6.07) is 15.9. The summed E-state index contributed by atoms with van der Waals surface area (Å²) in [5.74, 6) is 0.605. The fourth-order valence-electron chi connectivity index (χ4n) is 3.35. The molecule has 0 saturated carbocycles. The van der Waals surface area contributed by atoms with Crippen LogP contribution >= 0.6 is 0 Å². The van der Waals surface area contributed by atoms with E-state index < -0.39 is 10.0 Å². The number of anilines is 1. The highest BCUT2D eigenvalue weighted by atomic mass is 32.2. The average Bonchev–Trinajstić information content (AvgIpc) is 3.16. The topological polar surface area (TPSA) is 102 Å². The molecule has 0 unspecified atom stereocenters. The van der Waals surface area contributed by atoms with E-state index in [9.17, 15) is 13.2 Å². The first kappa shape index (κ1) is 20.3. The Labute approximate surface area is 175 Å². The summed E-state index contributed by atoms with van der Waals surface area (Å²) in [5, 5.41) is 2.61. The molecule has 2 N–H and O–H groups in total.